The maximum absolute atomic E-state index is 13.6. The fourth-order valence-electron chi connectivity index (χ4n) is 5.28. The van der Waals surface area contributed by atoms with Gasteiger partial charge in [-0.25, -0.2) is 0 Å². The number of hydrogen-bond acceptors (Lipinski definition) is 4. The monoisotopic (exact) mass is 425 g/mol. The standard InChI is InChI=1S/C26H39N3O2/c1-4-6-15-26(16-7-5-2)23(30)22(24(27)28-26)21-13-17-29(18-14-21)25(31)19(3)20-11-9-8-10-12-20/h8-12,19,21-22H,4-7,13-18H2,1-3H3,(H2,27,28). The van der Waals surface area contributed by atoms with Crippen LogP contribution in [0.5, 0.6) is 0 Å². The fourth-order valence-corrected chi connectivity index (χ4v) is 5.28. The van der Waals surface area contributed by atoms with Gasteiger partial charge in [-0.05, 0) is 44.1 Å². The molecule has 0 bridgehead atoms. The van der Waals surface area contributed by atoms with Crippen molar-refractivity contribution in [3.63, 3.8) is 0 Å². The van der Waals surface area contributed by atoms with Crippen LogP contribution in [0.3, 0.4) is 0 Å². The van der Waals surface area contributed by atoms with Crippen molar-refractivity contribution in [2.75, 3.05) is 13.1 Å². The van der Waals surface area contributed by atoms with Crippen molar-refractivity contribution >= 4 is 17.5 Å². The number of likely N-dealkylation sites (tertiary alicyclic amines) is 1. The van der Waals surface area contributed by atoms with Gasteiger partial charge in [0, 0.05) is 13.1 Å². The molecule has 0 radical (unpaired) electrons. The minimum absolute atomic E-state index is 0.145. The van der Waals surface area contributed by atoms with Gasteiger partial charge in [-0.1, -0.05) is 69.9 Å². The predicted molar refractivity (Wildman–Crippen MR) is 126 cm³/mol. The summed E-state index contributed by atoms with van der Waals surface area (Å²) in [6.07, 6.45) is 7.38. The Bertz CT molecular complexity index is 773. The zero-order chi connectivity index (χ0) is 22.4. The minimum atomic E-state index is -0.602. The first-order chi connectivity index (χ1) is 14.9. The second kappa shape index (κ2) is 10.4. The Morgan fingerprint density at radius 1 is 1.13 bits per heavy atom. The van der Waals surface area contributed by atoms with E-state index in [9.17, 15) is 9.59 Å². The van der Waals surface area contributed by atoms with E-state index in [0.29, 0.717) is 18.9 Å². The van der Waals surface area contributed by atoms with Crippen LogP contribution in [0, 0.1) is 11.8 Å². The Hall–Kier alpha value is -2.17. The highest BCUT2D eigenvalue weighted by atomic mass is 16.2. The Morgan fingerprint density at radius 2 is 1.71 bits per heavy atom. The maximum atomic E-state index is 13.6. The third-order valence-electron chi connectivity index (χ3n) is 7.28. The Labute approximate surface area is 187 Å². The van der Waals surface area contributed by atoms with Crippen LogP contribution in [0.4, 0.5) is 0 Å². The van der Waals surface area contributed by atoms with Gasteiger partial charge in [-0.3, -0.25) is 14.6 Å². The summed E-state index contributed by atoms with van der Waals surface area (Å²) in [5.74, 6) is 0.737. The fraction of sp³-hybridized carbons (Fsp3) is 0.654. The molecule has 1 amide bonds. The molecule has 2 atom stereocenters. The molecular weight excluding hydrogens is 386 g/mol. The normalized spacial score (nSPS) is 22.4. The van der Waals surface area contributed by atoms with Gasteiger partial charge in [-0.2, -0.15) is 0 Å². The SMILES string of the molecule is CCCCC1(CCCC)N=C(N)C(C2CCN(C(=O)C(C)c3ccccc3)CC2)C1=O. The van der Waals surface area contributed by atoms with E-state index in [1.165, 1.54) is 0 Å². The molecule has 170 valence electrons. The number of benzene rings is 1. The second-order valence-corrected chi connectivity index (χ2v) is 9.41. The number of carbonyl (C=O) groups is 2. The molecule has 0 aromatic heterocycles. The van der Waals surface area contributed by atoms with Gasteiger partial charge in [0.15, 0.2) is 5.78 Å². The number of unbranched alkanes of at least 4 members (excludes halogenated alkanes) is 2. The third-order valence-corrected chi connectivity index (χ3v) is 7.28. The van der Waals surface area contributed by atoms with Crippen molar-refractivity contribution in [3.05, 3.63) is 35.9 Å². The largest absolute Gasteiger partial charge is 0.387 e. The van der Waals surface area contributed by atoms with E-state index in [1.807, 2.05) is 42.2 Å². The van der Waals surface area contributed by atoms with E-state index in [2.05, 4.69) is 13.8 Å². The number of Topliss-reactive ketones (excluding diaryl/α,β-unsaturated/α-hetero) is 1. The quantitative estimate of drug-likeness (QED) is 0.623. The lowest BCUT2D eigenvalue weighted by Crippen LogP contribution is -2.46. The number of rotatable bonds is 9. The van der Waals surface area contributed by atoms with Crippen LogP contribution in [-0.4, -0.2) is 41.1 Å². The van der Waals surface area contributed by atoms with E-state index in [0.717, 1.165) is 56.9 Å². The molecule has 1 aromatic rings. The summed E-state index contributed by atoms with van der Waals surface area (Å²) in [7, 11) is 0. The summed E-state index contributed by atoms with van der Waals surface area (Å²) >= 11 is 0. The Morgan fingerprint density at radius 3 is 2.26 bits per heavy atom. The van der Waals surface area contributed by atoms with Gasteiger partial charge < -0.3 is 10.6 Å². The molecule has 1 saturated heterocycles. The highest BCUT2D eigenvalue weighted by Crippen LogP contribution is 2.40. The molecule has 5 nitrogen and oxygen atoms in total. The average molecular weight is 426 g/mol. The summed E-state index contributed by atoms with van der Waals surface area (Å²) in [5.41, 5.74) is 6.83. The number of aliphatic imine (C=N–C) groups is 1. The van der Waals surface area contributed by atoms with Crippen molar-refractivity contribution in [2.45, 2.75) is 83.6 Å². The van der Waals surface area contributed by atoms with Crippen molar-refractivity contribution in [1.82, 2.24) is 4.90 Å². The smallest absolute Gasteiger partial charge is 0.229 e. The van der Waals surface area contributed by atoms with Crippen molar-refractivity contribution in [1.29, 1.82) is 0 Å². The minimum Gasteiger partial charge on any atom is -0.387 e. The zero-order valence-corrected chi connectivity index (χ0v) is 19.5. The number of amides is 1. The van der Waals surface area contributed by atoms with Crippen molar-refractivity contribution < 1.29 is 9.59 Å². The lowest BCUT2D eigenvalue weighted by Gasteiger charge is -2.36. The third kappa shape index (κ3) is 5.02. The number of piperidine rings is 1. The molecule has 5 heteroatoms. The van der Waals surface area contributed by atoms with Crippen molar-refractivity contribution in [2.24, 2.45) is 22.6 Å². The molecular formula is C26H39N3O2. The number of ketones is 1. The second-order valence-electron chi connectivity index (χ2n) is 9.41. The molecule has 1 aromatic carbocycles. The number of carbonyl (C=O) groups excluding carboxylic acids is 2. The van der Waals surface area contributed by atoms with Gasteiger partial charge in [0.2, 0.25) is 5.91 Å². The van der Waals surface area contributed by atoms with E-state index < -0.39 is 5.54 Å². The number of nitrogens with two attached hydrogens (primary N) is 1. The number of amidine groups is 1. The Kier molecular flexibility index (Phi) is 7.90. The van der Waals surface area contributed by atoms with E-state index in [-0.39, 0.29) is 29.4 Å². The van der Waals surface area contributed by atoms with Gasteiger partial charge in [-0.15, -0.1) is 0 Å². The summed E-state index contributed by atoms with van der Waals surface area (Å²) in [6, 6.07) is 9.94. The summed E-state index contributed by atoms with van der Waals surface area (Å²) in [4.78, 5) is 33.4. The summed E-state index contributed by atoms with van der Waals surface area (Å²) in [6.45, 7) is 7.66. The van der Waals surface area contributed by atoms with Gasteiger partial charge in [0.05, 0.1) is 11.8 Å². The van der Waals surface area contributed by atoms with Gasteiger partial charge in [0.25, 0.3) is 0 Å². The molecule has 0 aliphatic carbocycles. The van der Waals surface area contributed by atoms with Crippen LogP contribution in [-0.2, 0) is 9.59 Å². The van der Waals surface area contributed by atoms with E-state index >= 15 is 0 Å². The molecule has 3 rings (SSSR count). The molecule has 1 fully saturated rings. The Balaban J connectivity index is 1.64. The van der Waals surface area contributed by atoms with Crippen LogP contribution in [0.1, 0.15) is 83.6 Å². The first-order valence-electron chi connectivity index (χ1n) is 12.2. The van der Waals surface area contributed by atoms with E-state index in [4.69, 9.17) is 10.7 Å². The zero-order valence-electron chi connectivity index (χ0n) is 19.5. The number of nitrogens with zero attached hydrogens (tertiary/aromatic N) is 2. The topological polar surface area (TPSA) is 75.8 Å². The summed E-state index contributed by atoms with van der Waals surface area (Å²) in [5, 5.41) is 0. The highest BCUT2D eigenvalue weighted by Gasteiger charge is 2.50. The van der Waals surface area contributed by atoms with Crippen LogP contribution >= 0.6 is 0 Å². The number of hydrogen-bond donors (Lipinski definition) is 1. The molecule has 2 unspecified atom stereocenters. The van der Waals surface area contributed by atoms with Crippen LogP contribution in [0.2, 0.25) is 0 Å². The maximum Gasteiger partial charge on any atom is 0.229 e. The molecule has 2 aliphatic heterocycles. The highest BCUT2D eigenvalue weighted by molar-refractivity contribution is 6.13. The molecule has 2 heterocycles. The molecule has 2 N–H and O–H groups in total. The van der Waals surface area contributed by atoms with Crippen LogP contribution in [0.25, 0.3) is 0 Å². The van der Waals surface area contributed by atoms with Crippen LogP contribution < -0.4 is 5.73 Å². The lowest BCUT2D eigenvalue weighted by atomic mass is 9.74. The molecule has 2 aliphatic rings. The van der Waals surface area contributed by atoms with Crippen molar-refractivity contribution in [3.8, 4) is 0 Å². The van der Waals surface area contributed by atoms with E-state index in [1.54, 1.807) is 0 Å². The lowest BCUT2D eigenvalue weighted by molar-refractivity contribution is -0.134. The van der Waals surface area contributed by atoms with Gasteiger partial charge in [0.1, 0.15) is 11.4 Å². The summed E-state index contributed by atoms with van der Waals surface area (Å²) < 4.78 is 0. The average Bonchev–Trinajstić information content (AvgIpc) is 3.05. The molecule has 31 heavy (non-hydrogen) atoms. The first kappa shape index (κ1) is 23.5. The van der Waals surface area contributed by atoms with Crippen LogP contribution in [0.15, 0.2) is 35.3 Å². The molecule has 0 spiro atoms. The first-order valence-corrected chi connectivity index (χ1v) is 12.2. The van der Waals surface area contributed by atoms with Gasteiger partial charge >= 0.3 is 0 Å². The predicted octanol–water partition coefficient (Wildman–Crippen LogP) is 4.70. The molecule has 0 saturated carbocycles.